The number of rotatable bonds is 2. The molecule has 1 aliphatic carbocycles. The zero-order valence-electron chi connectivity index (χ0n) is 16.7. The molecule has 0 bridgehead atoms. The molecular weight excluding hydrogens is 316 g/mol. The molecule has 26 heavy (non-hydrogen) atoms. The van der Waals surface area contributed by atoms with Crippen molar-refractivity contribution in [3.05, 3.63) is 64.9 Å². The molecule has 0 saturated carbocycles. The number of hydrogen-bond acceptors (Lipinski definition) is 2. The van der Waals surface area contributed by atoms with Gasteiger partial charge < -0.3 is 10.6 Å². The van der Waals surface area contributed by atoms with Crippen LogP contribution in [-0.2, 0) is 10.8 Å². The Balaban J connectivity index is 1.71. The number of benzene rings is 1. The van der Waals surface area contributed by atoms with E-state index in [4.69, 9.17) is 0 Å². The van der Waals surface area contributed by atoms with Gasteiger partial charge >= 0.3 is 0 Å². The summed E-state index contributed by atoms with van der Waals surface area (Å²) >= 11 is 0. The molecule has 4 rings (SSSR count). The van der Waals surface area contributed by atoms with E-state index in [1.165, 1.54) is 40.7 Å². The van der Waals surface area contributed by atoms with Crippen molar-refractivity contribution in [1.29, 1.82) is 0 Å². The lowest BCUT2D eigenvalue weighted by Crippen LogP contribution is -2.34. The number of dihydropyridines is 1. The lowest BCUT2D eigenvalue weighted by atomic mass is 9.63. The van der Waals surface area contributed by atoms with E-state index in [9.17, 15) is 0 Å². The van der Waals surface area contributed by atoms with Gasteiger partial charge in [-0.05, 0) is 76.7 Å². The highest BCUT2D eigenvalue weighted by atomic mass is 14.9. The molecule has 1 unspecified atom stereocenters. The van der Waals surface area contributed by atoms with Crippen molar-refractivity contribution in [3.8, 4) is 0 Å². The fourth-order valence-corrected chi connectivity index (χ4v) is 4.62. The van der Waals surface area contributed by atoms with Crippen LogP contribution in [0, 0.1) is 0 Å². The number of hydrogen-bond donors (Lipinski definition) is 2. The molecule has 1 aromatic carbocycles. The second kappa shape index (κ2) is 6.42. The second-order valence-electron chi connectivity index (χ2n) is 9.36. The molecule has 0 aromatic heterocycles. The predicted octanol–water partition coefficient (Wildman–Crippen LogP) is 4.82. The molecule has 2 N–H and O–H groups in total. The van der Waals surface area contributed by atoms with E-state index in [0.717, 1.165) is 19.5 Å². The van der Waals surface area contributed by atoms with Crippen LogP contribution < -0.4 is 10.6 Å². The van der Waals surface area contributed by atoms with Gasteiger partial charge in [0.25, 0.3) is 0 Å². The summed E-state index contributed by atoms with van der Waals surface area (Å²) in [5, 5.41) is 6.93. The first-order chi connectivity index (χ1) is 12.4. The summed E-state index contributed by atoms with van der Waals surface area (Å²) in [6, 6.07) is 7.52. The summed E-state index contributed by atoms with van der Waals surface area (Å²) in [7, 11) is 0. The number of fused-ring (bicyclic) bond motifs is 1. The zero-order chi connectivity index (χ0) is 18.4. The van der Waals surface area contributed by atoms with Crippen LogP contribution in [0.4, 0.5) is 0 Å². The lowest BCUT2D eigenvalue weighted by molar-refractivity contribution is 0.332. The second-order valence-corrected chi connectivity index (χ2v) is 9.36. The minimum atomic E-state index is 0.259. The van der Waals surface area contributed by atoms with Gasteiger partial charge in [0.2, 0.25) is 0 Å². The smallest absolute Gasteiger partial charge is 0.0662 e. The van der Waals surface area contributed by atoms with Crippen molar-refractivity contribution in [2.45, 2.75) is 63.8 Å². The Kier molecular flexibility index (Phi) is 4.35. The Labute approximate surface area is 158 Å². The first kappa shape index (κ1) is 17.6. The molecule has 1 aromatic rings. The topological polar surface area (TPSA) is 24.1 Å². The highest BCUT2D eigenvalue weighted by Gasteiger charge is 2.37. The fourth-order valence-electron chi connectivity index (χ4n) is 4.62. The van der Waals surface area contributed by atoms with Gasteiger partial charge in [0.1, 0.15) is 0 Å². The van der Waals surface area contributed by atoms with E-state index in [1.807, 2.05) is 0 Å². The maximum absolute atomic E-state index is 3.53. The minimum absolute atomic E-state index is 0.259. The van der Waals surface area contributed by atoms with Gasteiger partial charge in [0, 0.05) is 6.54 Å². The molecule has 1 atom stereocenters. The Hall–Kier alpha value is -1.80. The monoisotopic (exact) mass is 348 g/mol. The Bertz CT molecular complexity index is 792. The van der Waals surface area contributed by atoms with Crippen molar-refractivity contribution < 1.29 is 0 Å². The van der Waals surface area contributed by atoms with Crippen molar-refractivity contribution in [3.63, 3.8) is 0 Å². The first-order valence-corrected chi connectivity index (χ1v) is 10.1. The van der Waals surface area contributed by atoms with E-state index in [0.29, 0.717) is 6.04 Å². The average molecular weight is 349 g/mol. The van der Waals surface area contributed by atoms with E-state index in [-0.39, 0.29) is 10.8 Å². The summed E-state index contributed by atoms with van der Waals surface area (Å²) in [4.78, 5) is 0. The molecule has 138 valence electrons. The van der Waals surface area contributed by atoms with E-state index in [2.05, 4.69) is 81.0 Å². The number of allylic oxidation sites excluding steroid dienone is 2. The van der Waals surface area contributed by atoms with Crippen LogP contribution in [0.5, 0.6) is 0 Å². The molecular formula is C24H32N2. The van der Waals surface area contributed by atoms with Crippen molar-refractivity contribution in [1.82, 2.24) is 10.6 Å². The van der Waals surface area contributed by atoms with E-state index < -0.39 is 0 Å². The van der Waals surface area contributed by atoms with Crippen LogP contribution in [0.1, 0.15) is 63.6 Å². The van der Waals surface area contributed by atoms with E-state index >= 15 is 0 Å². The van der Waals surface area contributed by atoms with Gasteiger partial charge in [0.15, 0.2) is 0 Å². The Morgan fingerprint density at radius 2 is 1.77 bits per heavy atom. The molecule has 0 fully saturated rings. The molecule has 0 amide bonds. The lowest BCUT2D eigenvalue weighted by Gasteiger charge is -2.42. The van der Waals surface area contributed by atoms with Crippen LogP contribution in [-0.4, -0.2) is 19.1 Å². The van der Waals surface area contributed by atoms with Crippen molar-refractivity contribution in [2.75, 3.05) is 13.1 Å². The number of nitrogens with one attached hydrogen (secondary N) is 2. The van der Waals surface area contributed by atoms with Crippen LogP contribution >= 0.6 is 0 Å². The summed E-state index contributed by atoms with van der Waals surface area (Å²) in [5.74, 6) is 0. The highest BCUT2D eigenvalue weighted by molar-refractivity contribution is 5.77. The van der Waals surface area contributed by atoms with Gasteiger partial charge in [-0.3, -0.25) is 0 Å². The first-order valence-electron chi connectivity index (χ1n) is 10.1. The zero-order valence-corrected chi connectivity index (χ0v) is 16.7. The maximum atomic E-state index is 3.53. The van der Waals surface area contributed by atoms with Gasteiger partial charge in [-0.2, -0.15) is 0 Å². The quantitative estimate of drug-likeness (QED) is 0.749. The summed E-state index contributed by atoms with van der Waals surface area (Å²) in [6.07, 6.45) is 12.7. The summed E-state index contributed by atoms with van der Waals surface area (Å²) in [5.41, 5.74) is 7.82. The molecule has 2 heterocycles. The third-order valence-electron chi connectivity index (χ3n) is 6.57. The Morgan fingerprint density at radius 1 is 1.00 bits per heavy atom. The SMILES string of the molecule is CC1(C)CCC(C)(C)c2cc(C3=CC(C4=CCNCC4)NC=C3)ccc21. The predicted molar refractivity (Wildman–Crippen MR) is 111 cm³/mol. The summed E-state index contributed by atoms with van der Waals surface area (Å²) < 4.78 is 0. The molecule has 2 heteroatoms. The van der Waals surface area contributed by atoms with E-state index in [1.54, 1.807) is 0 Å². The molecule has 0 radical (unpaired) electrons. The molecule has 2 nitrogen and oxygen atoms in total. The van der Waals surface area contributed by atoms with Crippen molar-refractivity contribution in [2.24, 2.45) is 0 Å². The third kappa shape index (κ3) is 3.16. The van der Waals surface area contributed by atoms with Gasteiger partial charge in [-0.1, -0.05) is 58.0 Å². The van der Waals surface area contributed by atoms with Crippen LogP contribution in [0.3, 0.4) is 0 Å². The largest absolute Gasteiger partial charge is 0.381 e. The third-order valence-corrected chi connectivity index (χ3v) is 6.57. The van der Waals surface area contributed by atoms with Crippen LogP contribution in [0.15, 0.2) is 48.2 Å². The van der Waals surface area contributed by atoms with Crippen molar-refractivity contribution >= 4 is 5.57 Å². The van der Waals surface area contributed by atoms with Gasteiger partial charge in [0.05, 0.1) is 6.04 Å². The van der Waals surface area contributed by atoms with Crippen LogP contribution in [0.25, 0.3) is 5.57 Å². The maximum Gasteiger partial charge on any atom is 0.0662 e. The normalized spacial score (nSPS) is 26.4. The van der Waals surface area contributed by atoms with Gasteiger partial charge in [-0.25, -0.2) is 0 Å². The summed E-state index contributed by atoms with van der Waals surface area (Å²) in [6.45, 7) is 11.7. The fraction of sp³-hybridized carbons (Fsp3) is 0.500. The molecule has 2 aliphatic heterocycles. The minimum Gasteiger partial charge on any atom is -0.381 e. The van der Waals surface area contributed by atoms with Crippen LogP contribution in [0.2, 0.25) is 0 Å². The molecule has 3 aliphatic rings. The van der Waals surface area contributed by atoms with Gasteiger partial charge in [-0.15, -0.1) is 0 Å². The standard InChI is InChI=1S/C24H32N2/c1-23(2)10-11-24(3,4)21-15-18(5-6-20(21)23)19-9-14-26-22(16-19)17-7-12-25-13-8-17/h5-7,9,14-16,22,25-26H,8,10-13H2,1-4H3. The average Bonchev–Trinajstić information content (AvgIpc) is 2.66. The molecule has 0 spiro atoms. The highest BCUT2D eigenvalue weighted by Crippen LogP contribution is 2.46. The molecule has 0 saturated heterocycles. The Morgan fingerprint density at radius 3 is 2.50 bits per heavy atom.